The third-order valence-corrected chi connectivity index (χ3v) is 9.53. The first kappa shape index (κ1) is 28.0. The lowest BCUT2D eigenvalue weighted by atomic mass is 10.0. The van der Waals surface area contributed by atoms with Gasteiger partial charge in [0.2, 0.25) is 10.0 Å². The van der Waals surface area contributed by atoms with E-state index in [0.29, 0.717) is 11.3 Å². The first-order valence-electron chi connectivity index (χ1n) is 10.9. The molecule has 194 valence electrons. The second kappa shape index (κ2) is 11.2. The fourth-order valence-electron chi connectivity index (χ4n) is 3.84. The summed E-state index contributed by atoms with van der Waals surface area (Å²) in [5.74, 6) is 1.66. The molecular formula is C22H29Cl2N3O6S2. The third kappa shape index (κ3) is 6.79. The van der Waals surface area contributed by atoms with E-state index < -0.39 is 25.5 Å². The van der Waals surface area contributed by atoms with Gasteiger partial charge in [-0.1, -0.05) is 43.1 Å². The number of methoxy groups -OCH3 is 1. The van der Waals surface area contributed by atoms with Crippen LogP contribution in [0.5, 0.6) is 17.2 Å². The van der Waals surface area contributed by atoms with Crippen LogP contribution in [0.2, 0.25) is 10.0 Å². The van der Waals surface area contributed by atoms with Crippen LogP contribution < -0.4 is 19.3 Å². The fourth-order valence-corrected chi connectivity index (χ4v) is 6.50. The average molecular weight is 567 g/mol. The Labute approximate surface area is 216 Å². The monoisotopic (exact) mass is 565 g/mol. The highest BCUT2D eigenvalue weighted by molar-refractivity contribution is 7.90. The summed E-state index contributed by atoms with van der Waals surface area (Å²) in [4.78, 5) is 0. The minimum atomic E-state index is -3.83. The van der Waals surface area contributed by atoms with Crippen LogP contribution in [0.25, 0.3) is 0 Å². The van der Waals surface area contributed by atoms with Crippen LogP contribution in [-0.4, -0.2) is 46.6 Å². The number of hydrogen-bond donors (Lipinski definition) is 2. The molecule has 2 aromatic carbocycles. The smallest absolute Gasteiger partial charge is 0.276 e. The molecule has 1 heterocycles. The molecule has 1 saturated heterocycles. The van der Waals surface area contributed by atoms with Gasteiger partial charge < -0.3 is 9.47 Å². The number of benzene rings is 2. The summed E-state index contributed by atoms with van der Waals surface area (Å²) in [6, 6.07) is 8.59. The second-order valence-corrected chi connectivity index (χ2v) is 12.9. The standard InChI is InChI=1S/C22H29Cl2N3O6S2/c1-14(2)18-12-16(5-7-20(18)32-3)33-22-19(23)6-4-15(21(22)24)13-26-34(28,29)17-8-10-27(11-9-17)35(25,30)31/h4-7,12,14,17,26H,8-11,13H2,1-3H3,(H2,25,30,31). The van der Waals surface area contributed by atoms with Crippen LogP contribution in [0, 0.1) is 0 Å². The highest BCUT2D eigenvalue weighted by atomic mass is 35.5. The molecule has 2 aromatic rings. The number of nitrogens with two attached hydrogens (primary N) is 1. The van der Waals surface area contributed by atoms with Crippen LogP contribution in [-0.2, 0) is 26.8 Å². The van der Waals surface area contributed by atoms with Crippen LogP contribution >= 0.6 is 23.2 Å². The molecule has 1 fully saturated rings. The Kier molecular flexibility index (Phi) is 8.96. The number of sulfonamides is 1. The normalized spacial score (nSPS) is 16.0. The van der Waals surface area contributed by atoms with Gasteiger partial charge in [0.05, 0.1) is 22.4 Å². The zero-order valence-corrected chi connectivity index (χ0v) is 22.8. The van der Waals surface area contributed by atoms with Gasteiger partial charge in [-0.25, -0.2) is 18.3 Å². The number of nitrogens with zero attached hydrogens (tertiary/aromatic N) is 1. The minimum absolute atomic E-state index is 0.0460. The van der Waals surface area contributed by atoms with E-state index in [9.17, 15) is 16.8 Å². The maximum absolute atomic E-state index is 12.8. The lowest BCUT2D eigenvalue weighted by molar-refractivity contribution is 0.345. The number of piperidine rings is 1. The Bertz CT molecular complexity index is 1280. The van der Waals surface area contributed by atoms with Gasteiger partial charge in [0, 0.05) is 25.2 Å². The van der Waals surface area contributed by atoms with Crippen molar-refractivity contribution in [1.29, 1.82) is 0 Å². The topological polar surface area (TPSA) is 128 Å². The van der Waals surface area contributed by atoms with E-state index in [1.54, 1.807) is 31.4 Å². The summed E-state index contributed by atoms with van der Waals surface area (Å²) >= 11 is 12.9. The number of ether oxygens (including phenoxy) is 2. The molecule has 13 heteroatoms. The average Bonchev–Trinajstić information content (AvgIpc) is 2.80. The van der Waals surface area contributed by atoms with Gasteiger partial charge in [-0.2, -0.15) is 12.7 Å². The van der Waals surface area contributed by atoms with E-state index in [1.165, 1.54) is 0 Å². The fraction of sp³-hybridized carbons (Fsp3) is 0.455. The van der Waals surface area contributed by atoms with E-state index in [1.807, 2.05) is 19.9 Å². The molecule has 0 radical (unpaired) electrons. The molecule has 3 N–H and O–H groups in total. The maximum Gasteiger partial charge on any atom is 0.276 e. The molecule has 0 amide bonds. The van der Waals surface area contributed by atoms with Crippen LogP contribution in [0.3, 0.4) is 0 Å². The number of hydrogen-bond acceptors (Lipinski definition) is 6. The molecule has 0 atom stereocenters. The van der Waals surface area contributed by atoms with E-state index >= 15 is 0 Å². The van der Waals surface area contributed by atoms with Crippen molar-refractivity contribution >= 4 is 43.4 Å². The molecule has 0 aliphatic carbocycles. The van der Waals surface area contributed by atoms with E-state index in [0.717, 1.165) is 15.6 Å². The molecule has 0 aromatic heterocycles. The number of nitrogens with one attached hydrogen (secondary N) is 1. The minimum Gasteiger partial charge on any atom is -0.496 e. The Morgan fingerprint density at radius 3 is 2.34 bits per heavy atom. The summed E-state index contributed by atoms with van der Waals surface area (Å²) in [6.07, 6.45) is 0.286. The van der Waals surface area contributed by atoms with Crippen molar-refractivity contribution in [3.63, 3.8) is 0 Å². The summed E-state index contributed by atoms with van der Waals surface area (Å²) in [5.41, 5.74) is 1.43. The summed E-state index contributed by atoms with van der Waals surface area (Å²) in [6.45, 7) is 4.08. The predicted molar refractivity (Wildman–Crippen MR) is 137 cm³/mol. The molecular weight excluding hydrogens is 537 g/mol. The third-order valence-electron chi connectivity index (χ3n) is 5.84. The Hall–Kier alpha value is -1.60. The first-order valence-corrected chi connectivity index (χ1v) is 14.7. The number of halogens is 2. The van der Waals surface area contributed by atoms with Crippen molar-refractivity contribution in [3.05, 3.63) is 51.5 Å². The highest BCUT2D eigenvalue weighted by Crippen LogP contribution is 2.40. The lowest BCUT2D eigenvalue weighted by Gasteiger charge is -2.29. The van der Waals surface area contributed by atoms with E-state index in [4.69, 9.17) is 37.8 Å². The quantitative estimate of drug-likeness (QED) is 0.472. The summed E-state index contributed by atoms with van der Waals surface area (Å²) in [5, 5.41) is 4.85. The zero-order chi connectivity index (χ0) is 26.0. The Morgan fingerprint density at radius 2 is 1.77 bits per heavy atom. The SMILES string of the molecule is COc1ccc(Oc2c(Cl)ccc(CNS(=O)(=O)C3CCN(S(N)(=O)=O)CC3)c2Cl)cc1C(C)C. The molecule has 1 aliphatic rings. The first-order chi connectivity index (χ1) is 16.3. The Morgan fingerprint density at radius 1 is 1.11 bits per heavy atom. The van der Waals surface area contributed by atoms with Gasteiger partial charge in [-0.15, -0.1) is 0 Å². The summed E-state index contributed by atoms with van der Waals surface area (Å²) < 4.78 is 63.6. The molecule has 0 unspecified atom stereocenters. The van der Waals surface area contributed by atoms with Crippen molar-refractivity contribution in [3.8, 4) is 17.2 Å². The van der Waals surface area contributed by atoms with Crippen LogP contribution in [0.15, 0.2) is 30.3 Å². The van der Waals surface area contributed by atoms with E-state index in [-0.39, 0.29) is 54.2 Å². The van der Waals surface area contributed by atoms with Crippen molar-refractivity contribution in [2.24, 2.45) is 5.14 Å². The van der Waals surface area contributed by atoms with Crippen LogP contribution in [0.4, 0.5) is 0 Å². The second-order valence-electron chi connectivity index (χ2n) is 8.52. The van der Waals surface area contributed by atoms with Crippen molar-refractivity contribution in [1.82, 2.24) is 9.03 Å². The van der Waals surface area contributed by atoms with Gasteiger partial charge in [-0.05, 0) is 48.6 Å². The molecule has 35 heavy (non-hydrogen) atoms. The van der Waals surface area contributed by atoms with Crippen molar-refractivity contribution in [2.75, 3.05) is 20.2 Å². The molecule has 0 saturated carbocycles. The highest BCUT2D eigenvalue weighted by Gasteiger charge is 2.33. The summed E-state index contributed by atoms with van der Waals surface area (Å²) in [7, 11) is -5.96. The maximum atomic E-state index is 12.8. The lowest BCUT2D eigenvalue weighted by Crippen LogP contribution is -2.47. The van der Waals surface area contributed by atoms with Gasteiger partial charge >= 0.3 is 0 Å². The number of rotatable bonds is 9. The predicted octanol–water partition coefficient (Wildman–Crippen LogP) is 4.01. The largest absolute Gasteiger partial charge is 0.496 e. The van der Waals surface area contributed by atoms with Crippen molar-refractivity contribution in [2.45, 2.75) is 44.4 Å². The van der Waals surface area contributed by atoms with E-state index in [2.05, 4.69) is 4.72 Å². The molecule has 1 aliphatic heterocycles. The molecule has 3 rings (SSSR count). The van der Waals surface area contributed by atoms with Gasteiger partial charge in [0.15, 0.2) is 5.75 Å². The van der Waals surface area contributed by atoms with Crippen LogP contribution in [0.1, 0.15) is 43.7 Å². The molecule has 0 spiro atoms. The van der Waals surface area contributed by atoms with Gasteiger partial charge in [0.25, 0.3) is 10.2 Å². The molecule has 0 bridgehead atoms. The Balaban J connectivity index is 1.74. The van der Waals surface area contributed by atoms with Gasteiger partial charge in [-0.3, -0.25) is 0 Å². The molecule has 9 nitrogen and oxygen atoms in total. The van der Waals surface area contributed by atoms with Gasteiger partial charge in [0.1, 0.15) is 11.5 Å². The zero-order valence-electron chi connectivity index (χ0n) is 19.6. The van der Waals surface area contributed by atoms with Crippen molar-refractivity contribution < 1.29 is 26.3 Å².